The fourth-order valence-electron chi connectivity index (χ4n) is 0.471. The van der Waals surface area contributed by atoms with E-state index < -0.39 is 0 Å². The average Bonchev–Trinajstić information content (AvgIpc) is 2.39. The zero-order valence-electron chi connectivity index (χ0n) is 13.7. The van der Waals surface area contributed by atoms with Crippen LogP contribution in [-0.4, -0.2) is 63.4 Å². The molecule has 21 heavy (non-hydrogen) atoms. The number of carbonyl (C=O) groups is 1. The molecule has 0 atom stereocenters. The van der Waals surface area contributed by atoms with Gasteiger partial charge in [0, 0.05) is 19.8 Å². The Morgan fingerprint density at radius 3 is 1.62 bits per heavy atom. The van der Waals surface area contributed by atoms with Crippen LogP contribution in [0, 0.1) is 14.4 Å². The average molecular weight is 342 g/mol. The molecule has 0 rings (SSSR count). The van der Waals surface area contributed by atoms with Gasteiger partial charge in [0.25, 0.3) is 0 Å². The van der Waals surface area contributed by atoms with Crippen molar-refractivity contribution >= 4 is 5.97 Å². The molecule has 0 aliphatic carbocycles. The summed E-state index contributed by atoms with van der Waals surface area (Å²) < 4.78 is 13.5. The van der Waals surface area contributed by atoms with E-state index in [-0.39, 0.29) is 48.3 Å². The molecule has 0 saturated carbocycles. The predicted octanol–water partition coefficient (Wildman–Crippen LogP) is 1.03. The van der Waals surface area contributed by atoms with E-state index in [0.29, 0.717) is 31.8 Å². The number of carbonyl (C=O) groups excluding carboxylic acids is 1. The van der Waals surface area contributed by atoms with Gasteiger partial charge in [0.1, 0.15) is 0 Å². The number of hydrogen-bond donors (Lipinski definition) is 2. The summed E-state index contributed by atoms with van der Waals surface area (Å²) in [4.78, 5) is 10.6. The molecule has 0 aromatic rings. The van der Waals surface area contributed by atoms with E-state index in [4.69, 9.17) is 10.2 Å². The van der Waals surface area contributed by atoms with Gasteiger partial charge < -0.3 is 38.8 Å². The van der Waals surface area contributed by atoms with Crippen LogP contribution in [0.5, 0.6) is 0 Å². The van der Waals surface area contributed by atoms with Crippen molar-refractivity contribution in [1.29, 1.82) is 0 Å². The first kappa shape index (κ1) is 32.6. The van der Waals surface area contributed by atoms with Gasteiger partial charge in [0.05, 0.1) is 33.0 Å². The van der Waals surface area contributed by atoms with Gasteiger partial charge in [-0.15, -0.1) is 6.42 Å². The fourth-order valence-corrected chi connectivity index (χ4v) is 0.471. The van der Waals surface area contributed by atoms with E-state index in [2.05, 4.69) is 27.7 Å². The summed E-state index contributed by atoms with van der Waals surface area (Å²) in [6.45, 7) is 10.1. The maximum atomic E-state index is 10.6. The molecule has 7 heteroatoms. The predicted molar refractivity (Wildman–Crippen MR) is 80.1 cm³/mol. The first-order valence-corrected chi connectivity index (χ1v) is 5.83. The van der Waals surface area contributed by atoms with Crippen molar-refractivity contribution in [3.8, 4) is 0 Å². The topological polar surface area (TPSA) is 85.2 Å². The molecule has 2 N–H and O–H groups in total. The zero-order chi connectivity index (χ0) is 15.5. The molecule has 0 aromatic heterocycles. The number of aliphatic hydroxyl groups is 2. The molecule has 0 fully saturated rings. The molecule has 0 amide bonds. The van der Waals surface area contributed by atoms with E-state index in [9.17, 15) is 4.79 Å². The normalized spacial score (nSPS) is 7.71. The van der Waals surface area contributed by atoms with E-state index in [1.54, 1.807) is 21.1 Å². The summed E-state index contributed by atoms with van der Waals surface area (Å²) in [6.07, 6.45) is 0.610. The molecule has 0 heterocycles. The Bertz CT molecular complexity index is 190. The van der Waals surface area contributed by atoms with Crippen LogP contribution in [0.2, 0.25) is 0 Å². The Hall–Kier alpha value is -0.236. The third-order valence-electron chi connectivity index (χ3n) is 1.32. The molecular weight excluding hydrogens is 312 g/mol. The minimum Gasteiger partial charge on any atom is -0.465 e. The molecule has 6 nitrogen and oxygen atoms in total. The van der Waals surface area contributed by atoms with Gasteiger partial charge in [0.2, 0.25) is 0 Å². The quantitative estimate of drug-likeness (QED) is 0.311. The number of esters is 1. The molecule has 0 radical (unpaired) electrons. The van der Waals surface area contributed by atoms with Gasteiger partial charge in [-0.3, -0.25) is 0 Å². The zero-order valence-corrected chi connectivity index (χ0v) is 15.2. The SMILES string of the molecule is C=C(C)C(=O)OCC[CH2-].COCCO.COCCO.[CH3-].[Ti+2]. The summed E-state index contributed by atoms with van der Waals surface area (Å²) in [6, 6.07) is 0. The van der Waals surface area contributed by atoms with Crippen LogP contribution in [0.15, 0.2) is 12.2 Å². The van der Waals surface area contributed by atoms with Gasteiger partial charge in [-0.25, -0.2) is 4.79 Å². The summed E-state index contributed by atoms with van der Waals surface area (Å²) in [5.74, 6) is -0.335. The summed E-state index contributed by atoms with van der Waals surface area (Å²) in [7, 11) is 3.10. The molecule has 126 valence electrons. The second kappa shape index (κ2) is 31.9. The monoisotopic (exact) mass is 342 g/mol. The van der Waals surface area contributed by atoms with Crippen LogP contribution in [0.4, 0.5) is 0 Å². The first-order chi connectivity index (χ1) is 9.01. The minimum absolute atomic E-state index is 0. The number of ether oxygens (including phenoxy) is 3. The van der Waals surface area contributed by atoms with Crippen molar-refractivity contribution in [1.82, 2.24) is 0 Å². The van der Waals surface area contributed by atoms with Crippen LogP contribution in [-0.2, 0) is 40.7 Å². The standard InChI is InChI=1S/C7H11O2.2C3H8O2.CH3.Ti/c1-4-5-9-7(8)6(2)3;2*1-5-3-2-4;;/h1-2,4-5H2,3H3;2*4H,2-3H2,1H3;1H3;/q-1;;;-1;+2. The van der Waals surface area contributed by atoms with E-state index >= 15 is 0 Å². The summed E-state index contributed by atoms with van der Waals surface area (Å²) >= 11 is 0. The Balaban J connectivity index is -0.0000000622. The van der Waals surface area contributed by atoms with Crippen molar-refractivity contribution in [2.24, 2.45) is 0 Å². The van der Waals surface area contributed by atoms with Crippen LogP contribution < -0.4 is 0 Å². The van der Waals surface area contributed by atoms with Crippen LogP contribution in [0.3, 0.4) is 0 Å². The maximum absolute atomic E-state index is 10.6. The smallest absolute Gasteiger partial charge is 0.465 e. The number of methoxy groups -OCH3 is 2. The number of aliphatic hydroxyl groups excluding tert-OH is 2. The Kier molecular flexibility index (Phi) is 49.6. The van der Waals surface area contributed by atoms with Crippen LogP contribution in [0.25, 0.3) is 0 Å². The van der Waals surface area contributed by atoms with Gasteiger partial charge >= 0.3 is 27.7 Å². The minimum atomic E-state index is -0.335. The largest absolute Gasteiger partial charge is 2.00 e. The first-order valence-electron chi connectivity index (χ1n) is 5.83. The van der Waals surface area contributed by atoms with Crippen molar-refractivity contribution in [2.45, 2.75) is 13.3 Å². The van der Waals surface area contributed by atoms with Crippen molar-refractivity contribution in [3.05, 3.63) is 26.5 Å². The number of rotatable bonds is 7. The molecular formula is C14H30O6Ti. The Morgan fingerprint density at radius 1 is 1.10 bits per heavy atom. The van der Waals surface area contributed by atoms with Gasteiger partial charge in [-0.2, -0.15) is 0 Å². The number of hydrogen-bond acceptors (Lipinski definition) is 6. The maximum Gasteiger partial charge on any atom is 2.00 e. The van der Waals surface area contributed by atoms with E-state index in [1.807, 2.05) is 0 Å². The van der Waals surface area contributed by atoms with Gasteiger partial charge in [-0.05, 0) is 6.92 Å². The molecule has 0 aliphatic heterocycles. The summed E-state index contributed by atoms with van der Waals surface area (Å²) in [5, 5.41) is 15.9. The van der Waals surface area contributed by atoms with E-state index in [0.717, 1.165) is 0 Å². The summed E-state index contributed by atoms with van der Waals surface area (Å²) in [5.41, 5.74) is 0.434. The van der Waals surface area contributed by atoms with Gasteiger partial charge in [0.15, 0.2) is 0 Å². The van der Waals surface area contributed by atoms with Crippen LogP contribution in [0.1, 0.15) is 13.3 Å². The Morgan fingerprint density at radius 2 is 1.48 bits per heavy atom. The Labute approximate surface area is 144 Å². The van der Waals surface area contributed by atoms with Crippen LogP contribution >= 0.6 is 0 Å². The fraction of sp³-hybridized carbons (Fsp3) is 0.643. The molecule has 0 aliphatic rings. The molecule has 0 aromatic carbocycles. The third-order valence-corrected chi connectivity index (χ3v) is 1.32. The third kappa shape index (κ3) is 45.1. The van der Waals surface area contributed by atoms with Gasteiger partial charge in [-0.1, -0.05) is 6.58 Å². The second-order valence-corrected chi connectivity index (χ2v) is 3.20. The van der Waals surface area contributed by atoms with Crippen molar-refractivity contribution in [2.75, 3.05) is 47.3 Å². The molecule has 0 saturated heterocycles. The molecule has 0 spiro atoms. The van der Waals surface area contributed by atoms with Crippen molar-refractivity contribution < 1.29 is 50.9 Å². The van der Waals surface area contributed by atoms with E-state index in [1.165, 1.54) is 0 Å². The second-order valence-electron chi connectivity index (χ2n) is 3.20. The molecule has 0 unspecified atom stereocenters. The molecule has 0 bridgehead atoms. The van der Waals surface area contributed by atoms with Crippen molar-refractivity contribution in [3.63, 3.8) is 0 Å².